The van der Waals surface area contributed by atoms with Crippen LogP contribution in [0.15, 0.2) is 61.1 Å². The Hall–Kier alpha value is -4.54. The van der Waals surface area contributed by atoms with Gasteiger partial charge in [-0.1, -0.05) is 6.07 Å². The van der Waals surface area contributed by atoms with Gasteiger partial charge >= 0.3 is 0 Å². The lowest BCUT2D eigenvalue weighted by atomic mass is 10.1. The van der Waals surface area contributed by atoms with Gasteiger partial charge in [-0.25, -0.2) is 18.7 Å². The number of aromatic nitrogens is 7. The summed E-state index contributed by atoms with van der Waals surface area (Å²) in [5.41, 5.74) is 4.69. The van der Waals surface area contributed by atoms with Crippen molar-refractivity contribution >= 4 is 28.8 Å². The van der Waals surface area contributed by atoms with Crippen LogP contribution in [0.25, 0.3) is 28.2 Å². The number of nitrogens with zero attached hydrogens (tertiary/aromatic N) is 7. The number of halogens is 2. The van der Waals surface area contributed by atoms with Gasteiger partial charge in [0.15, 0.2) is 5.82 Å². The number of hydrogen-bond acceptors (Lipinski definition) is 7. The van der Waals surface area contributed by atoms with Crippen LogP contribution < -0.4 is 5.32 Å². The number of aldehydes is 1. The van der Waals surface area contributed by atoms with E-state index < -0.39 is 12.0 Å². The Morgan fingerprint density at radius 2 is 2.00 bits per heavy atom. The number of hydrogen-bond donors (Lipinski definition) is 1. The number of carbonyl (C=O) groups is 1. The number of aryl methyl sites for hydroxylation is 1. The number of fused-ring (bicyclic) bond motifs is 1. The van der Waals surface area contributed by atoms with Crippen LogP contribution in [0.4, 0.5) is 20.3 Å². The second kappa shape index (κ2) is 8.29. The van der Waals surface area contributed by atoms with Crippen LogP contribution in [0.1, 0.15) is 23.7 Å². The van der Waals surface area contributed by atoms with Crippen LogP contribution in [0.5, 0.6) is 0 Å². The molecule has 1 N–H and O–H groups in total. The molecule has 6 rings (SSSR count). The Labute approximate surface area is 203 Å². The van der Waals surface area contributed by atoms with Gasteiger partial charge in [0.25, 0.3) is 5.92 Å². The van der Waals surface area contributed by atoms with Crippen LogP contribution in [-0.2, 0) is 11.2 Å². The largest absolute Gasteiger partial charge is 0.339 e. The standard InChI is InChI=1S/C25H20F2N8O/c1-15-2-6-22(33-32-15)30-17-4-5-19-18(12-17)28-14-34(19)23-7-3-16(9-11-36)24(31-23)20-8-10-29-35(20)21-13-25(21,26)27/h2-8,10-12,14,21H,9,13H2,1H3,(H,30,33)/t21-/m0/s1. The molecule has 1 atom stereocenters. The molecule has 4 heterocycles. The van der Waals surface area contributed by atoms with Gasteiger partial charge in [0.2, 0.25) is 0 Å². The number of carbonyl (C=O) groups excluding carboxylic acids is 1. The summed E-state index contributed by atoms with van der Waals surface area (Å²) in [5, 5.41) is 15.5. The Balaban J connectivity index is 1.37. The molecule has 0 aliphatic heterocycles. The predicted molar refractivity (Wildman–Crippen MR) is 129 cm³/mol. The minimum atomic E-state index is -2.79. The molecule has 0 amide bonds. The van der Waals surface area contributed by atoms with Crippen molar-refractivity contribution in [2.45, 2.75) is 31.7 Å². The molecule has 0 unspecified atom stereocenters. The number of pyridine rings is 1. The summed E-state index contributed by atoms with van der Waals surface area (Å²) in [6.45, 7) is 1.87. The highest BCUT2D eigenvalue weighted by Gasteiger charge is 2.59. The van der Waals surface area contributed by atoms with Gasteiger partial charge in [-0.15, -0.1) is 5.10 Å². The predicted octanol–water partition coefficient (Wildman–Crippen LogP) is 4.45. The van der Waals surface area contributed by atoms with Crippen molar-refractivity contribution in [2.24, 2.45) is 0 Å². The van der Waals surface area contributed by atoms with Gasteiger partial charge < -0.3 is 10.1 Å². The maximum atomic E-state index is 13.8. The highest BCUT2D eigenvalue weighted by molar-refractivity contribution is 5.82. The zero-order chi connectivity index (χ0) is 24.9. The normalized spacial score (nSPS) is 16.2. The fraction of sp³-hybridized carbons (Fsp3) is 0.200. The van der Waals surface area contributed by atoms with Crippen molar-refractivity contribution in [1.29, 1.82) is 0 Å². The van der Waals surface area contributed by atoms with Crippen molar-refractivity contribution in [3.8, 4) is 17.2 Å². The highest BCUT2D eigenvalue weighted by Crippen LogP contribution is 2.53. The highest BCUT2D eigenvalue weighted by atomic mass is 19.3. The lowest BCUT2D eigenvalue weighted by molar-refractivity contribution is -0.107. The van der Waals surface area contributed by atoms with Crippen molar-refractivity contribution < 1.29 is 13.6 Å². The minimum Gasteiger partial charge on any atom is -0.339 e. The van der Waals surface area contributed by atoms with Gasteiger partial charge in [-0.2, -0.15) is 10.2 Å². The van der Waals surface area contributed by atoms with Crippen molar-refractivity contribution in [1.82, 2.24) is 34.5 Å². The molecule has 1 aliphatic rings. The number of nitrogens with one attached hydrogen (secondary N) is 1. The van der Waals surface area contributed by atoms with Crippen LogP contribution in [0, 0.1) is 6.92 Å². The van der Waals surface area contributed by atoms with Crippen LogP contribution in [0.3, 0.4) is 0 Å². The summed E-state index contributed by atoms with van der Waals surface area (Å²) < 4.78 is 30.7. The second-order valence-electron chi connectivity index (χ2n) is 8.69. The number of benzene rings is 1. The van der Waals surface area contributed by atoms with Crippen LogP contribution in [0.2, 0.25) is 0 Å². The Bertz CT molecular complexity index is 1590. The molecule has 0 bridgehead atoms. The third-order valence-electron chi connectivity index (χ3n) is 6.13. The summed E-state index contributed by atoms with van der Waals surface area (Å²) in [7, 11) is 0. The lowest BCUT2D eigenvalue weighted by Crippen LogP contribution is -2.09. The molecule has 36 heavy (non-hydrogen) atoms. The van der Waals surface area contributed by atoms with Gasteiger partial charge in [-0.3, -0.25) is 9.25 Å². The fourth-order valence-corrected chi connectivity index (χ4v) is 4.19. The zero-order valence-electron chi connectivity index (χ0n) is 19.1. The number of imidazole rings is 1. The molecule has 1 saturated carbocycles. The van der Waals surface area contributed by atoms with Gasteiger partial charge in [-0.05, 0) is 55.0 Å². The van der Waals surface area contributed by atoms with Gasteiger partial charge in [0.05, 0.1) is 28.1 Å². The van der Waals surface area contributed by atoms with E-state index in [0.717, 1.165) is 28.7 Å². The molecular formula is C25H20F2N8O. The maximum absolute atomic E-state index is 13.8. The molecule has 1 aromatic carbocycles. The first kappa shape index (κ1) is 22.0. The summed E-state index contributed by atoms with van der Waals surface area (Å²) in [4.78, 5) is 20.6. The zero-order valence-corrected chi connectivity index (χ0v) is 19.1. The van der Waals surface area contributed by atoms with Crippen molar-refractivity contribution in [3.05, 3.63) is 72.3 Å². The summed E-state index contributed by atoms with van der Waals surface area (Å²) in [6.07, 6.45) is 3.74. The van der Waals surface area contributed by atoms with E-state index in [1.807, 2.05) is 41.8 Å². The van der Waals surface area contributed by atoms with Crippen LogP contribution >= 0.6 is 0 Å². The van der Waals surface area contributed by atoms with Gasteiger partial charge in [0, 0.05) is 24.7 Å². The van der Waals surface area contributed by atoms with E-state index in [9.17, 15) is 13.6 Å². The molecular weight excluding hydrogens is 466 g/mol. The topological polar surface area (TPSA) is 103 Å². The first-order valence-corrected chi connectivity index (χ1v) is 11.3. The summed E-state index contributed by atoms with van der Waals surface area (Å²) >= 11 is 0. The SMILES string of the molecule is Cc1ccc(Nc2ccc3c(c2)ncn3-c2ccc(CC=O)c(-c3ccnn3[C@H]3CC3(F)F)n2)nn1. The average molecular weight is 486 g/mol. The Kier molecular flexibility index (Phi) is 5.06. The Morgan fingerprint density at radius 3 is 2.75 bits per heavy atom. The number of alkyl halides is 2. The molecule has 0 radical (unpaired) electrons. The minimum absolute atomic E-state index is 0.108. The molecule has 1 fully saturated rings. The molecule has 5 aromatic rings. The van der Waals surface area contributed by atoms with E-state index in [0.29, 0.717) is 28.6 Å². The van der Waals surface area contributed by atoms with E-state index in [-0.39, 0.29) is 12.8 Å². The third kappa shape index (κ3) is 3.88. The van der Waals surface area contributed by atoms with E-state index in [1.54, 1.807) is 24.5 Å². The molecule has 9 nitrogen and oxygen atoms in total. The first-order valence-electron chi connectivity index (χ1n) is 11.3. The van der Waals surface area contributed by atoms with E-state index in [1.165, 1.54) is 10.9 Å². The molecule has 180 valence electrons. The maximum Gasteiger partial charge on any atom is 0.272 e. The second-order valence-corrected chi connectivity index (χ2v) is 8.69. The fourth-order valence-electron chi connectivity index (χ4n) is 4.19. The molecule has 0 saturated heterocycles. The molecule has 11 heteroatoms. The van der Waals surface area contributed by atoms with Gasteiger partial charge in [0.1, 0.15) is 24.5 Å². The third-order valence-corrected chi connectivity index (χ3v) is 6.13. The summed E-state index contributed by atoms with van der Waals surface area (Å²) in [6, 6.07) is 13.6. The quantitative estimate of drug-likeness (QED) is 0.339. The monoisotopic (exact) mass is 486 g/mol. The summed E-state index contributed by atoms with van der Waals surface area (Å²) in [5.74, 6) is -1.63. The number of rotatable bonds is 7. The molecule has 1 aliphatic carbocycles. The first-order chi connectivity index (χ1) is 17.4. The molecule has 0 spiro atoms. The van der Waals surface area contributed by atoms with Crippen molar-refractivity contribution in [2.75, 3.05) is 5.32 Å². The molecule has 4 aromatic heterocycles. The van der Waals surface area contributed by atoms with Crippen molar-refractivity contribution in [3.63, 3.8) is 0 Å². The lowest BCUT2D eigenvalue weighted by Gasteiger charge is -2.12. The Morgan fingerprint density at radius 1 is 1.14 bits per heavy atom. The van der Waals surface area contributed by atoms with E-state index in [2.05, 4.69) is 25.6 Å². The van der Waals surface area contributed by atoms with Crippen LogP contribution in [-0.4, -0.2) is 46.7 Å². The number of anilines is 2. The smallest absolute Gasteiger partial charge is 0.272 e. The van der Waals surface area contributed by atoms with E-state index in [4.69, 9.17) is 4.98 Å². The van der Waals surface area contributed by atoms with E-state index >= 15 is 0 Å². The average Bonchev–Trinajstić information content (AvgIpc) is 3.22.